The van der Waals surface area contributed by atoms with E-state index in [0.717, 1.165) is 12.8 Å². The molecule has 0 spiro atoms. The number of benzene rings is 1. The second kappa shape index (κ2) is 6.05. The third kappa shape index (κ3) is 3.78. The van der Waals surface area contributed by atoms with Gasteiger partial charge < -0.3 is 0 Å². The second-order valence-corrected chi connectivity index (χ2v) is 4.30. The average molecular weight is 241 g/mol. The first kappa shape index (κ1) is 12.4. The summed E-state index contributed by atoms with van der Waals surface area (Å²) in [7, 11) is 0. The first-order chi connectivity index (χ1) is 7.15. The number of halogens is 2. The molecule has 1 rings (SSSR count). The van der Waals surface area contributed by atoms with Crippen molar-refractivity contribution in [3.8, 4) is 11.8 Å². The van der Waals surface area contributed by atoms with Crippen LogP contribution >= 0.6 is 23.2 Å². The highest BCUT2D eigenvalue weighted by Gasteiger charge is 2.06. The van der Waals surface area contributed by atoms with Gasteiger partial charge in [-0.15, -0.1) is 11.8 Å². The van der Waals surface area contributed by atoms with Crippen LogP contribution in [0.3, 0.4) is 0 Å². The fraction of sp³-hybridized carbons (Fsp3) is 0.385. The van der Waals surface area contributed by atoms with Gasteiger partial charge in [0.2, 0.25) is 0 Å². The topological polar surface area (TPSA) is 0 Å². The highest BCUT2D eigenvalue weighted by atomic mass is 35.5. The average Bonchev–Trinajstić information content (AvgIpc) is 2.22. The van der Waals surface area contributed by atoms with Crippen LogP contribution in [0.2, 0.25) is 10.0 Å². The molecule has 0 amide bonds. The summed E-state index contributed by atoms with van der Waals surface area (Å²) in [6, 6.07) is 5.76. The van der Waals surface area contributed by atoms with E-state index in [0.29, 0.717) is 16.0 Å². The van der Waals surface area contributed by atoms with Gasteiger partial charge >= 0.3 is 0 Å². The number of hydrogen-bond donors (Lipinski definition) is 0. The summed E-state index contributed by atoms with van der Waals surface area (Å²) in [4.78, 5) is 0. The molecule has 0 saturated carbocycles. The van der Waals surface area contributed by atoms with Crippen LogP contribution in [0.4, 0.5) is 0 Å². The van der Waals surface area contributed by atoms with Crippen LogP contribution in [0.25, 0.3) is 0 Å². The minimum absolute atomic E-state index is 0.402. The maximum atomic E-state index is 5.95. The number of rotatable bonds is 2. The fourth-order valence-corrected chi connectivity index (χ4v) is 1.59. The van der Waals surface area contributed by atoms with E-state index < -0.39 is 0 Å². The van der Waals surface area contributed by atoms with Crippen molar-refractivity contribution in [1.29, 1.82) is 0 Å². The highest BCUT2D eigenvalue weighted by Crippen LogP contribution is 2.27. The van der Waals surface area contributed by atoms with Gasteiger partial charge in [0.25, 0.3) is 0 Å². The summed E-state index contributed by atoms with van der Waals surface area (Å²) in [6.45, 7) is 4.20. The Hall–Kier alpha value is -0.640. The van der Waals surface area contributed by atoms with Crippen LogP contribution < -0.4 is 0 Å². The van der Waals surface area contributed by atoms with Crippen molar-refractivity contribution in [3.63, 3.8) is 0 Å². The zero-order valence-electron chi connectivity index (χ0n) is 8.98. The minimum Gasteiger partial charge on any atom is -0.104 e. The summed E-state index contributed by atoms with van der Waals surface area (Å²) in [6.07, 6.45) is 1.78. The van der Waals surface area contributed by atoms with E-state index in [-0.39, 0.29) is 0 Å². The lowest BCUT2D eigenvalue weighted by Gasteiger charge is -2.08. The Morgan fingerprint density at radius 3 is 2.53 bits per heavy atom. The van der Waals surface area contributed by atoms with Gasteiger partial charge in [0.15, 0.2) is 0 Å². The molecule has 1 atom stereocenters. The van der Waals surface area contributed by atoms with E-state index in [9.17, 15) is 0 Å². The fourth-order valence-electron chi connectivity index (χ4n) is 1.29. The Balaban J connectivity index is 2.73. The molecule has 0 aliphatic carbocycles. The molecule has 80 valence electrons. The van der Waals surface area contributed by atoms with E-state index >= 15 is 0 Å². The van der Waals surface area contributed by atoms with Crippen LogP contribution in [-0.4, -0.2) is 0 Å². The van der Waals surface area contributed by atoms with Crippen LogP contribution in [0.15, 0.2) is 18.2 Å². The Kier molecular flexibility index (Phi) is 5.02. The van der Waals surface area contributed by atoms with Crippen molar-refractivity contribution in [2.75, 3.05) is 0 Å². The molecule has 0 aliphatic heterocycles. The van der Waals surface area contributed by atoms with Gasteiger partial charge in [0.1, 0.15) is 0 Å². The Morgan fingerprint density at radius 1 is 1.20 bits per heavy atom. The molecule has 0 saturated heterocycles. The van der Waals surface area contributed by atoms with Crippen LogP contribution in [0.5, 0.6) is 0 Å². The maximum Gasteiger partial charge on any atom is 0.0595 e. The largest absolute Gasteiger partial charge is 0.104 e. The third-order valence-corrected chi connectivity index (χ3v) is 2.96. The summed E-state index contributed by atoms with van der Waals surface area (Å²) >= 11 is 11.8. The van der Waals surface area contributed by atoms with E-state index in [1.807, 2.05) is 18.2 Å². The van der Waals surface area contributed by atoms with Gasteiger partial charge in [-0.3, -0.25) is 0 Å². The maximum absolute atomic E-state index is 5.95. The van der Waals surface area contributed by atoms with E-state index in [1.54, 1.807) is 0 Å². The predicted octanol–water partition coefficient (Wildman–Crippen LogP) is 4.90. The Labute approximate surface area is 102 Å². The van der Waals surface area contributed by atoms with E-state index in [2.05, 4.69) is 25.7 Å². The highest BCUT2D eigenvalue weighted by molar-refractivity contribution is 6.42. The molecule has 0 N–H and O–H groups in total. The lowest BCUT2D eigenvalue weighted by molar-refractivity contribution is 0.795. The molecule has 1 unspecified atom stereocenters. The molecule has 0 aromatic heterocycles. The van der Waals surface area contributed by atoms with E-state index in [1.165, 1.54) is 5.56 Å². The molecule has 0 bridgehead atoms. The first-order valence-electron chi connectivity index (χ1n) is 5.05. The molecule has 0 heterocycles. The van der Waals surface area contributed by atoms with Gasteiger partial charge in [-0.2, -0.15) is 0 Å². The van der Waals surface area contributed by atoms with Gasteiger partial charge in [-0.1, -0.05) is 43.1 Å². The zero-order chi connectivity index (χ0) is 11.3. The quantitative estimate of drug-likeness (QED) is 0.646. The Morgan fingerprint density at radius 2 is 1.93 bits per heavy atom. The molecule has 0 fully saturated rings. The third-order valence-electron chi connectivity index (χ3n) is 2.22. The van der Waals surface area contributed by atoms with Gasteiger partial charge in [0.05, 0.1) is 10.0 Å². The van der Waals surface area contributed by atoms with Gasteiger partial charge in [-0.25, -0.2) is 0 Å². The SMILES string of the molecule is CCC#CCC(C)c1ccc(Cl)c(Cl)c1. The monoisotopic (exact) mass is 240 g/mol. The van der Waals surface area contributed by atoms with Crippen LogP contribution in [-0.2, 0) is 0 Å². The van der Waals surface area contributed by atoms with Crippen molar-refractivity contribution in [1.82, 2.24) is 0 Å². The van der Waals surface area contributed by atoms with Crippen molar-refractivity contribution in [3.05, 3.63) is 33.8 Å². The van der Waals surface area contributed by atoms with Crippen LogP contribution in [0.1, 0.15) is 38.2 Å². The lowest BCUT2D eigenvalue weighted by Crippen LogP contribution is -1.91. The van der Waals surface area contributed by atoms with Crippen molar-refractivity contribution in [2.24, 2.45) is 0 Å². The molecule has 0 radical (unpaired) electrons. The molecule has 0 nitrogen and oxygen atoms in total. The first-order valence-corrected chi connectivity index (χ1v) is 5.81. The van der Waals surface area contributed by atoms with Gasteiger partial charge in [-0.05, 0) is 23.6 Å². The molecular weight excluding hydrogens is 227 g/mol. The summed E-state index contributed by atoms with van der Waals surface area (Å²) in [5.74, 6) is 6.61. The summed E-state index contributed by atoms with van der Waals surface area (Å²) < 4.78 is 0. The molecule has 1 aromatic rings. The molecular formula is C13H14Cl2. The summed E-state index contributed by atoms with van der Waals surface area (Å²) in [5.41, 5.74) is 1.19. The molecule has 15 heavy (non-hydrogen) atoms. The normalized spacial score (nSPS) is 11.7. The molecule has 2 heteroatoms. The number of hydrogen-bond acceptors (Lipinski definition) is 0. The predicted molar refractivity (Wildman–Crippen MR) is 67.6 cm³/mol. The van der Waals surface area contributed by atoms with Crippen molar-refractivity contribution >= 4 is 23.2 Å². The second-order valence-electron chi connectivity index (χ2n) is 3.49. The smallest absolute Gasteiger partial charge is 0.0595 e. The van der Waals surface area contributed by atoms with Crippen LogP contribution in [0, 0.1) is 11.8 Å². The van der Waals surface area contributed by atoms with E-state index in [4.69, 9.17) is 23.2 Å². The van der Waals surface area contributed by atoms with Crippen molar-refractivity contribution < 1.29 is 0 Å². The Bertz CT molecular complexity index is 385. The minimum atomic E-state index is 0.402. The molecule has 1 aromatic carbocycles. The molecule has 0 aliphatic rings. The standard InChI is InChI=1S/C13H14Cl2/c1-3-4-5-6-10(2)11-7-8-12(14)13(15)9-11/h7-10H,3,6H2,1-2H3. The summed E-state index contributed by atoms with van der Waals surface area (Å²) in [5, 5.41) is 1.22. The van der Waals surface area contributed by atoms with Gasteiger partial charge in [0, 0.05) is 12.8 Å². The lowest BCUT2D eigenvalue weighted by atomic mass is 9.98. The van der Waals surface area contributed by atoms with Crippen molar-refractivity contribution in [2.45, 2.75) is 32.6 Å². The zero-order valence-corrected chi connectivity index (χ0v) is 10.5.